The summed E-state index contributed by atoms with van der Waals surface area (Å²) in [6, 6.07) is 3.53. The SMILES string of the molecule is CNCCNC(=O)C(C)Oc1cccnc1.Cl.Cl. The topological polar surface area (TPSA) is 63.2 Å². The Hall–Kier alpha value is -1.04. The van der Waals surface area contributed by atoms with E-state index in [2.05, 4.69) is 15.6 Å². The van der Waals surface area contributed by atoms with Crippen molar-refractivity contribution in [1.29, 1.82) is 0 Å². The second kappa shape index (κ2) is 11.1. The Kier molecular flexibility index (Phi) is 11.9. The third kappa shape index (κ3) is 7.32. The second-order valence-corrected chi connectivity index (χ2v) is 3.34. The molecule has 1 aromatic heterocycles. The Morgan fingerprint density at radius 2 is 2.17 bits per heavy atom. The molecule has 0 bridgehead atoms. The second-order valence-electron chi connectivity index (χ2n) is 3.34. The van der Waals surface area contributed by atoms with Crippen molar-refractivity contribution in [3.05, 3.63) is 24.5 Å². The molecule has 0 saturated carbocycles. The lowest BCUT2D eigenvalue weighted by molar-refractivity contribution is -0.127. The van der Waals surface area contributed by atoms with Crippen molar-refractivity contribution in [2.24, 2.45) is 0 Å². The van der Waals surface area contributed by atoms with Crippen molar-refractivity contribution in [3.63, 3.8) is 0 Å². The van der Waals surface area contributed by atoms with Gasteiger partial charge in [0, 0.05) is 19.3 Å². The lowest BCUT2D eigenvalue weighted by Gasteiger charge is -2.14. The van der Waals surface area contributed by atoms with Gasteiger partial charge in [-0.2, -0.15) is 0 Å². The van der Waals surface area contributed by atoms with Gasteiger partial charge in [-0.3, -0.25) is 9.78 Å². The van der Waals surface area contributed by atoms with Gasteiger partial charge in [0.1, 0.15) is 5.75 Å². The number of aromatic nitrogens is 1. The molecule has 0 aliphatic carbocycles. The van der Waals surface area contributed by atoms with Crippen LogP contribution in [0.4, 0.5) is 0 Å². The molecule has 7 heteroatoms. The minimum atomic E-state index is -0.513. The first-order valence-electron chi connectivity index (χ1n) is 5.23. The number of carbonyl (C=O) groups excluding carboxylic acids is 1. The normalized spacial score (nSPS) is 10.6. The molecule has 0 aromatic carbocycles. The smallest absolute Gasteiger partial charge is 0.260 e. The number of nitrogens with one attached hydrogen (secondary N) is 2. The zero-order chi connectivity index (χ0) is 11.8. The molecule has 1 heterocycles. The summed E-state index contributed by atoms with van der Waals surface area (Å²) in [6.07, 6.45) is 2.73. The summed E-state index contributed by atoms with van der Waals surface area (Å²) in [4.78, 5) is 15.4. The molecule has 0 fully saturated rings. The molecule has 104 valence electrons. The molecule has 1 rings (SSSR count). The Morgan fingerprint density at radius 3 is 2.72 bits per heavy atom. The number of pyridine rings is 1. The van der Waals surface area contributed by atoms with Crippen LogP contribution in [0.15, 0.2) is 24.5 Å². The highest BCUT2D eigenvalue weighted by atomic mass is 35.5. The Balaban J connectivity index is 0. The van der Waals surface area contributed by atoms with Crippen LogP contribution >= 0.6 is 24.8 Å². The van der Waals surface area contributed by atoms with Gasteiger partial charge in [0.05, 0.1) is 6.20 Å². The Labute approximate surface area is 120 Å². The third-order valence-corrected chi connectivity index (χ3v) is 1.99. The number of amides is 1. The molecule has 2 N–H and O–H groups in total. The quantitative estimate of drug-likeness (QED) is 0.770. The van der Waals surface area contributed by atoms with Crippen LogP contribution in [-0.4, -0.2) is 37.1 Å². The minimum Gasteiger partial charge on any atom is -0.479 e. The van der Waals surface area contributed by atoms with Gasteiger partial charge in [-0.25, -0.2) is 0 Å². The van der Waals surface area contributed by atoms with Crippen LogP contribution in [0.1, 0.15) is 6.92 Å². The highest BCUT2D eigenvalue weighted by Gasteiger charge is 2.13. The molecule has 0 aliphatic rings. The van der Waals surface area contributed by atoms with Crippen LogP contribution in [-0.2, 0) is 4.79 Å². The van der Waals surface area contributed by atoms with Crippen LogP contribution in [0.25, 0.3) is 0 Å². The maximum atomic E-state index is 11.5. The van der Waals surface area contributed by atoms with Crippen LogP contribution in [0.2, 0.25) is 0 Å². The lowest BCUT2D eigenvalue weighted by Crippen LogP contribution is -2.39. The molecule has 18 heavy (non-hydrogen) atoms. The van der Waals surface area contributed by atoms with E-state index in [0.29, 0.717) is 12.3 Å². The molecule has 0 aliphatic heterocycles. The van der Waals surface area contributed by atoms with Gasteiger partial charge in [-0.05, 0) is 26.1 Å². The number of nitrogens with zero attached hydrogens (tertiary/aromatic N) is 1. The van der Waals surface area contributed by atoms with E-state index in [-0.39, 0.29) is 30.7 Å². The number of hydrogen-bond acceptors (Lipinski definition) is 4. The fourth-order valence-corrected chi connectivity index (χ4v) is 1.13. The van der Waals surface area contributed by atoms with E-state index in [9.17, 15) is 4.79 Å². The number of halogens is 2. The summed E-state index contributed by atoms with van der Waals surface area (Å²) < 4.78 is 5.41. The zero-order valence-corrected chi connectivity index (χ0v) is 12.0. The van der Waals surface area contributed by atoms with E-state index in [1.807, 2.05) is 7.05 Å². The highest BCUT2D eigenvalue weighted by Crippen LogP contribution is 2.08. The van der Waals surface area contributed by atoms with Crippen molar-refractivity contribution in [1.82, 2.24) is 15.6 Å². The van der Waals surface area contributed by atoms with Crippen molar-refractivity contribution in [2.45, 2.75) is 13.0 Å². The van der Waals surface area contributed by atoms with Gasteiger partial charge < -0.3 is 15.4 Å². The third-order valence-electron chi connectivity index (χ3n) is 1.99. The molecule has 1 aromatic rings. The van der Waals surface area contributed by atoms with E-state index in [1.54, 1.807) is 31.5 Å². The molecular weight excluding hydrogens is 277 g/mol. The lowest BCUT2D eigenvalue weighted by atomic mass is 10.3. The maximum absolute atomic E-state index is 11.5. The van der Waals surface area contributed by atoms with Gasteiger partial charge in [0.2, 0.25) is 0 Å². The van der Waals surface area contributed by atoms with Gasteiger partial charge in [0.25, 0.3) is 5.91 Å². The average Bonchev–Trinajstić information content (AvgIpc) is 2.30. The first-order valence-corrected chi connectivity index (χ1v) is 5.23. The van der Waals surface area contributed by atoms with E-state index in [0.717, 1.165) is 6.54 Å². The van der Waals surface area contributed by atoms with Crippen molar-refractivity contribution in [2.75, 3.05) is 20.1 Å². The largest absolute Gasteiger partial charge is 0.479 e. The van der Waals surface area contributed by atoms with Gasteiger partial charge in [-0.1, -0.05) is 0 Å². The average molecular weight is 296 g/mol. The van der Waals surface area contributed by atoms with Gasteiger partial charge in [-0.15, -0.1) is 24.8 Å². The van der Waals surface area contributed by atoms with Gasteiger partial charge >= 0.3 is 0 Å². The van der Waals surface area contributed by atoms with E-state index in [1.165, 1.54) is 0 Å². The highest BCUT2D eigenvalue weighted by molar-refractivity contribution is 5.85. The molecular formula is C11H19Cl2N3O2. The van der Waals surface area contributed by atoms with Gasteiger partial charge in [0.15, 0.2) is 6.10 Å². The standard InChI is InChI=1S/C11H17N3O2.2ClH/c1-9(11(15)14-7-6-12-2)16-10-4-3-5-13-8-10;;/h3-5,8-9,12H,6-7H2,1-2H3,(H,14,15);2*1H. The van der Waals surface area contributed by atoms with E-state index < -0.39 is 6.10 Å². The minimum absolute atomic E-state index is 0. The molecule has 5 nitrogen and oxygen atoms in total. The molecule has 0 saturated heterocycles. The predicted octanol–water partition coefficient (Wildman–Crippen LogP) is 1.03. The first-order chi connectivity index (χ1) is 7.74. The molecule has 0 radical (unpaired) electrons. The summed E-state index contributed by atoms with van der Waals surface area (Å²) in [7, 11) is 1.84. The Morgan fingerprint density at radius 1 is 1.44 bits per heavy atom. The van der Waals surface area contributed by atoms with Crippen LogP contribution in [0, 0.1) is 0 Å². The first kappa shape index (κ1) is 19.3. The Bertz CT molecular complexity index is 325. The molecule has 1 atom stereocenters. The molecule has 0 spiro atoms. The van der Waals surface area contributed by atoms with Crippen molar-refractivity contribution < 1.29 is 9.53 Å². The van der Waals surface area contributed by atoms with Crippen LogP contribution < -0.4 is 15.4 Å². The molecule has 1 unspecified atom stereocenters. The zero-order valence-electron chi connectivity index (χ0n) is 10.4. The van der Waals surface area contributed by atoms with Crippen LogP contribution in [0.5, 0.6) is 5.75 Å². The van der Waals surface area contributed by atoms with Crippen LogP contribution in [0.3, 0.4) is 0 Å². The summed E-state index contributed by atoms with van der Waals surface area (Å²) in [5.74, 6) is 0.470. The summed E-state index contributed by atoms with van der Waals surface area (Å²) >= 11 is 0. The monoisotopic (exact) mass is 295 g/mol. The number of carbonyl (C=O) groups is 1. The van der Waals surface area contributed by atoms with Crippen molar-refractivity contribution in [3.8, 4) is 5.75 Å². The van der Waals surface area contributed by atoms with E-state index >= 15 is 0 Å². The van der Waals surface area contributed by atoms with E-state index in [4.69, 9.17) is 4.74 Å². The summed E-state index contributed by atoms with van der Waals surface area (Å²) in [5.41, 5.74) is 0. The maximum Gasteiger partial charge on any atom is 0.260 e. The number of rotatable bonds is 6. The number of ether oxygens (including phenoxy) is 1. The fraction of sp³-hybridized carbons (Fsp3) is 0.455. The number of likely N-dealkylation sites (N-methyl/N-ethyl adjacent to an activating group) is 1. The van der Waals surface area contributed by atoms with Crippen molar-refractivity contribution >= 4 is 30.7 Å². The predicted molar refractivity (Wildman–Crippen MR) is 75.8 cm³/mol. The molecule has 1 amide bonds. The summed E-state index contributed by atoms with van der Waals surface area (Å²) in [6.45, 7) is 3.04. The fourth-order valence-electron chi connectivity index (χ4n) is 1.13. The summed E-state index contributed by atoms with van der Waals surface area (Å²) in [5, 5.41) is 5.70. The number of hydrogen-bond donors (Lipinski definition) is 2.